The van der Waals surface area contributed by atoms with Crippen molar-refractivity contribution >= 4 is 11.9 Å². The lowest BCUT2D eigenvalue weighted by atomic mass is 9.91. The largest absolute Gasteiger partial charge is 0.493 e. The zero-order valence-electron chi connectivity index (χ0n) is 22.0. The van der Waals surface area contributed by atoms with Crippen molar-refractivity contribution in [3.8, 4) is 11.5 Å². The third-order valence-corrected chi connectivity index (χ3v) is 8.36. The predicted octanol–water partition coefficient (Wildman–Crippen LogP) is 5.17. The number of carboxylic acid groups (broad SMARTS) is 1. The van der Waals surface area contributed by atoms with Gasteiger partial charge in [-0.05, 0) is 53.9 Å². The van der Waals surface area contributed by atoms with Crippen molar-refractivity contribution < 1.29 is 28.9 Å². The first-order valence-corrected chi connectivity index (χ1v) is 13.6. The molecule has 1 N–H and O–H groups in total. The minimum Gasteiger partial charge on any atom is -0.493 e. The Morgan fingerprint density at radius 3 is 2.38 bits per heavy atom. The van der Waals surface area contributed by atoms with Crippen LogP contribution in [0.15, 0.2) is 72.8 Å². The average Bonchev–Trinajstić information content (AvgIpc) is 3.65. The Labute approximate surface area is 228 Å². The molecule has 2 fully saturated rings. The van der Waals surface area contributed by atoms with E-state index in [2.05, 4.69) is 0 Å². The summed E-state index contributed by atoms with van der Waals surface area (Å²) in [6, 6.07) is 21.9. The van der Waals surface area contributed by atoms with Gasteiger partial charge in [-0.25, -0.2) is 4.79 Å². The van der Waals surface area contributed by atoms with Gasteiger partial charge in [0.15, 0.2) is 17.6 Å². The maximum Gasteiger partial charge on any atom is 0.326 e. The summed E-state index contributed by atoms with van der Waals surface area (Å²) in [7, 11) is 1.57. The van der Waals surface area contributed by atoms with Crippen molar-refractivity contribution in [1.82, 2.24) is 4.90 Å². The average molecular weight is 528 g/mol. The Morgan fingerprint density at radius 2 is 1.74 bits per heavy atom. The lowest BCUT2D eigenvalue weighted by Gasteiger charge is -2.38. The fourth-order valence-corrected chi connectivity index (χ4v) is 6.17. The summed E-state index contributed by atoms with van der Waals surface area (Å²) in [6.07, 6.45) is 2.54. The highest BCUT2D eigenvalue weighted by molar-refractivity contribution is 5.88. The number of carboxylic acids is 1. The van der Waals surface area contributed by atoms with Crippen LogP contribution in [0, 0.1) is 11.8 Å². The van der Waals surface area contributed by atoms with Crippen LogP contribution in [0.4, 0.5) is 0 Å². The normalized spacial score (nSPS) is 23.9. The number of hydrogen-bond donors (Lipinski definition) is 1. The molecule has 3 aromatic rings. The summed E-state index contributed by atoms with van der Waals surface area (Å²) in [4.78, 5) is 28.2. The van der Waals surface area contributed by atoms with E-state index in [9.17, 15) is 14.7 Å². The minimum absolute atomic E-state index is 0.0340. The van der Waals surface area contributed by atoms with Crippen LogP contribution in [-0.2, 0) is 33.9 Å². The molecule has 5 atom stereocenters. The van der Waals surface area contributed by atoms with E-state index in [-0.39, 0.29) is 25.0 Å². The van der Waals surface area contributed by atoms with Crippen LogP contribution in [0.25, 0.3) is 0 Å². The number of carbonyl (C=O) groups is 2. The number of fused-ring (bicyclic) bond motifs is 2. The molecule has 0 bridgehead atoms. The summed E-state index contributed by atoms with van der Waals surface area (Å²) in [6.45, 7) is 0.474. The zero-order chi connectivity index (χ0) is 26.9. The first kappa shape index (κ1) is 25.4. The van der Waals surface area contributed by atoms with Gasteiger partial charge >= 0.3 is 5.97 Å². The van der Waals surface area contributed by atoms with Crippen LogP contribution in [0.1, 0.15) is 47.6 Å². The van der Waals surface area contributed by atoms with Crippen molar-refractivity contribution in [2.24, 2.45) is 11.8 Å². The third-order valence-electron chi connectivity index (χ3n) is 8.36. The highest BCUT2D eigenvalue weighted by Gasteiger charge is 2.50. The molecule has 7 nitrogen and oxygen atoms in total. The molecule has 1 heterocycles. The molecule has 0 saturated heterocycles. The van der Waals surface area contributed by atoms with Gasteiger partial charge in [-0.2, -0.15) is 0 Å². The summed E-state index contributed by atoms with van der Waals surface area (Å²) in [5.41, 5.74) is 3.35. The smallest absolute Gasteiger partial charge is 0.326 e. The standard InChI is InChI=1S/C32H33NO6/c1-37-28-15-13-23-18-33(26(32(35)36)17-25(23)30(28)38-19-20-8-4-2-5-9-20)31(34)29(21-10-6-3-7-11-21)39-27-14-12-22-16-24(22)27/h2-11,13,15,22,24,26-27,29H,12,14,16-19H2,1H3,(H,35,36)/t22?,24?,26-,27+,29-/m0/s1. The van der Waals surface area contributed by atoms with Crippen LogP contribution in [-0.4, -0.2) is 41.1 Å². The van der Waals surface area contributed by atoms with E-state index >= 15 is 0 Å². The molecule has 2 saturated carbocycles. The molecule has 0 radical (unpaired) electrons. The topological polar surface area (TPSA) is 85.3 Å². The molecule has 7 heteroatoms. The van der Waals surface area contributed by atoms with Crippen molar-refractivity contribution in [2.75, 3.05) is 7.11 Å². The lowest BCUT2D eigenvalue weighted by Crippen LogP contribution is -2.51. The minimum atomic E-state index is -1.05. The zero-order valence-corrected chi connectivity index (χ0v) is 22.0. The maximum absolute atomic E-state index is 14.1. The molecule has 39 heavy (non-hydrogen) atoms. The molecule has 2 unspecified atom stereocenters. The fraction of sp³-hybridized carbons (Fsp3) is 0.375. The summed E-state index contributed by atoms with van der Waals surface area (Å²) >= 11 is 0. The Hall–Kier alpha value is -3.84. The molecule has 0 spiro atoms. The highest BCUT2D eigenvalue weighted by atomic mass is 16.5. The fourth-order valence-electron chi connectivity index (χ4n) is 6.17. The van der Waals surface area contributed by atoms with E-state index in [4.69, 9.17) is 14.2 Å². The Bertz CT molecular complexity index is 1340. The van der Waals surface area contributed by atoms with Crippen LogP contribution < -0.4 is 9.47 Å². The number of ether oxygens (including phenoxy) is 3. The first-order chi connectivity index (χ1) is 19.0. The van der Waals surface area contributed by atoms with Gasteiger partial charge in [-0.3, -0.25) is 4.79 Å². The van der Waals surface area contributed by atoms with E-state index < -0.39 is 18.1 Å². The Morgan fingerprint density at radius 1 is 1.00 bits per heavy atom. The van der Waals surface area contributed by atoms with Crippen LogP contribution >= 0.6 is 0 Å². The number of aliphatic carboxylic acids is 1. The van der Waals surface area contributed by atoms with Crippen LogP contribution in [0.5, 0.6) is 11.5 Å². The number of benzene rings is 3. The second-order valence-corrected chi connectivity index (χ2v) is 10.7. The van der Waals surface area contributed by atoms with E-state index in [0.717, 1.165) is 41.5 Å². The van der Waals surface area contributed by atoms with Crippen molar-refractivity contribution in [2.45, 2.75) is 57.1 Å². The van der Waals surface area contributed by atoms with Crippen molar-refractivity contribution in [3.05, 3.63) is 95.1 Å². The second-order valence-electron chi connectivity index (χ2n) is 10.7. The monoisotopic (exact) mass is 527 g/mol. The van der Waals surface area contributed by atoms with Gasteiger partial charge in [-0.1, -0.05) is 66.7 Å². The molecule has 2 aliphatic carbocycles. The summed E-state index contributed by atoms with van der Waals surface area (Å²) < 4.78 is 18.3. The Kier molecular flexibility index (Phi) is 7.00. The highest BCUT2D eigenvalue weighted by Crippen LogP contribution is 2.54. The molecular formula is C32H33NO6. The van der Waals surface area contributed by atoms with E-state index in [1.807, 2.05) is 72.8 Å². The van der Waals surface area contributed by atoms with Crippen molar-refractivity contribution in [3.63, 3.8) is 0 Å². The lowest BCUT2D eigenvalue weighted by molar-refractivity contribution is -0.160. The molecule has 202 valence electrons. The Balaban J connectivity index is 1.31. The number of carbonyl (C=O) groups excluding carboxylic acids is 1. The summed E-state index contributed by atoms with van der Waals surface area (Å²) in [5.74, 6) is 0.919. The van der Waals surface area contributed by atoms with Gasteiger partial charge in [-0.15, -0.1) is 0 Å². The number of amides is 1. The second kappa shape index (κ2) is 10.7. The summed E-state index contributed by atoms with van der Waals surface area (Å²) in [5, 5.41) is 10.3. The molecule has 1 aliphatic heterocycles. The van der Waals surface area contributed by atoms with Gasteiger partial charge < -0.3 is 24.2 Å². The van der Waals surface area contributed by atoms with E-state index in [0.29, 0.717) is 29.9 Å². The maximum atomic E-state index is 14.1. The predicted molar refractivity (Wildman–Crippen MR) is 144 cm³/mol. The van der Waals surface area contributed by atoms with E-state index in [1.54, 1.807) is 7.11 Å². The van der Waals surface area contributed by atoms with Crippen LogP contribution in [0.3, 0.4) is 0 Å². The SMILES string of the molecule is COc1ccc2c(c1OCc1ccccc1)C[C@@H](C(=O)O)N(C(=O)[C@@H](O[C@@H]1CCC3CC31)c1ccccc1)C2. The van der Waals surface area contributed by atoms with Gasteiger partial charge in [0.25, 0.3) is 5.91 Å². The number of rotatable bonds is 9. The number of hydrogen-bond acceptors (Lipinski definition) is 5. The first-order valence-electron chi connectivity index (χ1n) is 13.6. The molecular weight excluding hydrogens is 494 g/mol. The number of nitrogens with zero attached hydrogens (tertiary/aromatic N) is 1. The molecule has 1 amide bonds. The molecule has 3 aromatic carbocycles. The third kappa shape index (κ3) is 5.11. The van der Waals surface area contributed by atoms with Crippen LogP contribution in [0.2, 0.25) is 0 Å². The number of methoxy groups -OCH3 is 1. The molecule has 0 aromatic heterocycles. The van der Waals surface area contributed by atoms with Gasteiger partial charge in [0.05, 0.1) is 13.2 Å². The quantitative estimate of drug-likeness (QED) is 0.413. The van der Waals surface area contributed by atoms with Gasteiger partial charge in [0.2, 0.25) is 0 Å². The van der Waals surface area contributed by atoms with Crippen molar-refractivity contribution in [1.29, 1.82) is 0 Å². The van der Waals surface area contributed by atoms with Gasteiger partial charge in [0, 0.05) is 18.5 Å². The molecule has 6 rings (SSSR count). The molecule has 3 aliphatic rings. The van der Waals surface area contributed by atoms with E-state index in [1.165, 1.54) is 4.90 Å². The van der Waals surface area contributed by atoms with Gasteiger partial charge in [0.1, 0.15) is 12.6 Å².